The standard InChI is InChI=1S/C16H22N2/c1-2-4-10-16(11-5-3-1,14-8-6-12-17-14)15-9-7-13-18-15/h6-9,12-13,17-18H,1-5,10-11H2. The molecule has 0 atom stereocenters. The van der Waals surface area contributed by atoms with Crippen LogP contribution in [0.1, 0.15) is 56.3 Å². The smallest absolute Gasteiger partial charge is 0.0503 e. The van der Waals surface area contributed by atoms with E-state index < -0.39 is 0 Å². The monoisotopic (exact) mass is 242 g/mol. The molecule has 0 unspecified atom stereocenters. The molecule has 3 rings (SSSR count). The molecule has 2 N–H and O–H groups in total. The Labute approximate surface area is 109 Å². The fourth-order valence-corrected chi connectivity index (χ4v) is 3.45. The average Bonchev–Trinajstić information content (AvgIpc) is 3.02. The molecule has 2 heterocycles. The summed E-state index contributed by atoms with van der Waals surface area (Å²) in [4.78, 5) is 6.93. The first-order chi connectivity index (χ1) is 8.92. The summed E-state index contributed by atoms with van der Waals surface area (Å²) in [6, 6.07) is 8.75. The highest BCUT2D eigenvalue weighted by Gasteiger charge is 2.35. The molecule has 1 fully saturated rings. The highest BCUT2D eigenvalue weighted by Crippen LogP contribution is 2.41. The van der Waals surface area contributed by atoms with Crippen molar-refractivity contribution in [2.75, 3.05) is 0 Å². The van der Waals surface area contributed by atoms with Gasteiger partial charge in [-0.15, -0.1) is 0 Å². The van der Waals surface area contributed by atoms with Crippen LogP contribution in [0.25, 0.3) is 0 Å². The molecule has 18 heavy (non-hydrogen) atoms. The van der Waals surface area contributed by atoms with Gasteiger partial charge in [0.25, 0.3) is 0 Å². The number of hydrogen-bond donors (Lipinski definition) is 2. The molecule has 0 radical (unpaired) electrons. The van der Waals surface area contributed by atoms with Crippen molar-refractivity contribution in [2.45, 2.75) is 50.4 Å². The van der Waals surface area contributed by atoms with Crippen molar-refractivity contribution in [2.24, 2.45) is 0 Å². The van der Waals surface area contributed by atoms with Crippen LogP contribution in [0.5, 0.6) is 0 Å². The Hall–Kier alpha value is -1.44. The van der Waals surface area contributed by atoms with Crippen LogP contribution in [0.2, 0.25) is 0 Å². The minimum absolute atomic E-state index is 0.188. The zero-order chi connectivity index (χ0) is 12.3. The van der Waals surface area contributed by atoms with E-state index in [4.69, 9.17) is 0 Å². The second kappa shape index (κ2) is 5.05. The van der Waals surface area contributed by atoms with E-state index in [-0.39, 0.29) is 5.41 Å². The van der Waals surface area contributed by atoms with Crippen LogP contribution in [0.15, 0.2) is 36.7 Å². The van der Waals surface area contributed by atoms with Crippen molar-refractivity contribution in [1.82, 2.24) is 9.97 Å². The van der Waals surface area contributed by atoms with Crippen molar-refractivity contribution in [1.29, 1.82) is 0 Å². The molecule has 2 aromatic rings. The summed E-state index contributed by atoms with van der Waals surface area (Å²) in [6.07, 6.45) is 13.5. The highest BCUT2D eigenvalue weighted by atomic mass is 14.8. The Morgan fingerprint density at radius 2 is 1.22 bits per heavy atom. The summed E-state index contributed by atoms with van der Waals surface area (Å²) in [5.41, 5.74) is 2.95. The van der Waals surface area contributed by atoms with Gasteiger partial charge in [0.2, 0.25) is 0 Å². The molecular formula is C16H22N2. The molecule has 0 aromatic carbocycles. The van der Waals surface area contributed by atoms with E-state index in [0.29, 0.717) is 0 Å². The summed E-state index contributed by atoms with van der Waals surface area (Å²) in [6.45, 7) is 0. The van der Waals surface area contributed by atoms with Crippen LogP contribution in [-0.4, -0.2) is 9.97 Å². The van der Waals surface area contributed by atoms with E-state index in [9.17, 15) is 0 Å². The maximum atomic E-state index is 3.46. The van der Waals surface area contributed by atoms with Crippen LogP contribution >= 0.6 is 0 Å². The molecule has 0 saturated heterocycles. The lowest BCUT2D eigenvalue weighted by molar-refractivity contribution is 0.354. The predicted molar refractivity (Wildman–Crippen MR) is 74.7 cm³/mol. The van der Waals surface area contributed by atoms with Gasteiger partial charge in [-0.2, -0.15) is 0 Å². The molecule has 0 amide bonds. The maximum absolute atomic E-state index is 3.46. The zero-order valence-corrected chi connectivity index (χ0v) is 10.9. The van der Waals surface area contributed by atoms with Crippen LogP contribution in [0, 0.1) is 0 Å². The molecule has 0 spiro atoms. The molecular weight excluding hydrogens is 220 g/mol. The fourth-order valence-electron chi connectivity index (χ4n) is 3.45. The van der Waals surface area contributed by atoms with Crippen molar-refractivity contribution in [3.63, 3.8) is 0 Å². The van der Waals surface area contributed by atoms with Crippen LogP contribution in [0.3, 0.4) is 0 Å². The highest BCUT2D eigenvalue weighted by molar-refractivity contribution is 5.32. The number of aromatic amines is 2. The van der Waals surface area contributed by atoms with E-state index in [1.165, 1.54) is 56.3 Å². The van der Waals surface area contributed by atoms with E-state index >= 15 is 0 Å². The lowest BCUT2D eigenvalue weighted by Gasteiger charge is -2.34. The van der Waals surface area contributed by atoms with E-state index in [2.05, 4.69) is 46.6 Å². The second-order valence-electron chi connectivity index (χ2n) is 5.52. The Kier molecular flexibility index (Phi) is 3.26. The molecule has 2 aromatic heterocycles. The Morgan fingerprint density at radius 1 is 0.722 bits per heavy atom. The summed E-state index contributed by atoms with van der Waals surface area (Å²) in [7, 11) is 0. The number of nitrogens with one attached hydrogen (secondary N) is 2. The fraction of sp³-hybridized carbons (Fsp3) is 0.500. The molecule has 2 heteroatoms. The van der Waals surface area contributed by atoms with Crippen LogP contribution in [-0.2, 0) is 5.41 Å². The quantitative estimate of drug-likeness (QED) is 0.783. The van der Waals surface area contributed by atoms with Crippen LogP contribution in [0.4, 0.5) is 0 Å². The van der Waals surface area contributed by atoms with Crippen molar-refractivity contribution >= 4 is 0 Å². The summed E-state index contributed by atoms with van der Waals surface area (Å²) >= 11 is 0. The third kappa shape index (κ3) is 2.00. The zero-order valence-electron chi connectivity index (χ0n) is 10.9. The largest absolute Gasteiger partial charge is 0.364 e. The predicted octanol–water partition coefficient (Wildman–Crippen LogP) is 4.37. The second-order valence-corrected chi connectivity index (χ2v) is 5.52. The minimum atomic E-state index is 0.188. The normalized spacial score (nSPS) is 20.2. The van der Waals surface area contributed by atoms with Gasteiger partial charge >= 0.3 is 0 Å². The molecule has 1 saturated carbocycles. The molecule has 96 valence electrons. The van der Waals surface area contributed by atoms with Crippen LogP contribution < -0.4 is 0 Å². The van der Waals surface area contributed by atoms with Crippen molar-refractivity contribution in [3.8, 4) is 0 Å². The maximum Gasteiger partial charge on any atom is 0.0503 e. The third-order valence-electron chi connectivity index (χ3n) is 4.43. The Morgan fingerprint density at radius 3 is 1.67 bits per heavy atom. The Balaban J connectivity index is 2.01. The van der Waals surface area contributed by atoms with Gasteiger partial charge in [-0.3, -0.25) is 0 Å². The van der Waals surface area contributed by atoms with Gasteiger partial charge < -0.3 is 9.97 Å². The van der Waals surface area contributed by atoms with E-state index in [0.717, 1.165) is 0 Å². The minimum Gasteiger partial charge on any atom is -0.364 e. The Bertz CT molecular complexity index is 409. The van der Waals surface area contributed by atoms with E-state index in [1.54, 1.807) is 0 Å². The lowest BCUT2D eigenvalue weighted by Crippen LogP contribution is -2.29. The SMILES string of the molecule is c1c[nH]c(C2(c3ccc[nH]3)CCCCCCC2)c1. The number of H-pyrrole nitrogens is 2. The molecule has 2 nitrogen and oxygen atoms in total. The number of aromatic nitrogens is 2. The number of rotatable bonds is 2. The van der Waals surface area contributed by atoms with Gasteiger partial charge in [0, 0.05) is 23.8 Å². The van der Waals surface area contributed by atoms with Gasteiger partial charge in [0.15, 0.2) is 0 Å². The van der Waals surface area contributed by atoms with Gasteiger partial charge in [-0.1, -0.05) is 32.1 Å². The van der Waals surface area contributed by atoms with E-state index in [1.807, 2.05) is 0 Å². The van der Waals surface area contributed by atoms with Crippen molar-refractivity contribution < 1.29 is 0 Å². The van der Waals surface area contributed by atoms with Gasteiger partial charge in [-0.05, 0) is 37.1 Å². The van der Waals surface area contributed by atoms with Gasteiger partial charge in [0.05, 0.1) is 5.41 Å². The number of hydrogen-bond acceptors (Lipinski definition) is 0. The summed E-state index contributed by atoms with van der Waals surface area (Å²) in [5.74, 6) is 0. The first-order valence-electron chi connectivity index (χ1n) is 7.20. The topological polar surface area (TPSA) is 31.6 Å². The average molecular weight is 242 g/mol. The molecule has 0 aliphatic heterocycles. The first kappa shape index (κ1) is 11.6. The third-order valence-corrected chi connectivity index (χ3v) is 4.43. The summed E-state index contributed by atoms with van der Waals surface area (Å²) in [5, 5.41) is 0. The van der Waals surface area contributed by atoms with Crippen molar-refractivity contribution in [3.05, 3.63) is 48.0 Å². The molecule has 1 aliphatic carbocycles. The first-order valence-corrected chi connectivity index (χ1v) is 7.20. The molecule has 0 bridgehead atoms. The lowest BCUT2D eigenvalue weighted by atomic mass is 9.71. The van der Waals surface area contributed by atoms with Gasteiger partial charge in [0.1, 0.15) is 0 Å². The molecule has 1 aliphatic rings. The summed E-state index contributed by atoms with van der Waals surface area (Å²) < 4.78 is 0. The van der Waals surface area contributed by atoms with Gasteiger partial charge in [-0.25, -0.2) is 0 Å².